The van der Waals surface area contributed by atoms with E-state index in [-0.39, 0.29) is 41.8 Å². The molecule has 47 heavy (non-hydrogen) atoms. The summed E-state index contributed by atoms with van der Waals surface area (Å²) in [5, 5.41) is 13.2. The molecule has 1 rings (SSSR count). The van der Waals surface area contributed by atoms with Crippen LogP contribution < -0.4 is 26.6 Å². The summed E-state index contributed by atoms with van der Waals surface area (Å²) >= 11 is 0. The van der Waals surface area contributed by atoms with E-state index in [1.165, 1.54) is 18.2 Å². The number of likely N-dealkylation sites (N-methyl/N-ethyl adjacent to an activating group) is 1. The normalized spacial score (nSPS) is 11.3. The van der Waals surface area contributed by atoms with Crippen LogP contribution in [0.5, 0.6) is 0 Å². The van der Waals surface area contributed by atoms with Crippen LogP contribution in [0.4, 0.5) is 5.69 Å². The van der Waals surface area contributed by atoms with Gasteiger partial charge in [-0.25, -0.2) is 0 Å². The molecule has 12 heteroatoms. The molecule has 0 fully saturated rings. The summed E-state index contributed by atoms with van der Waals surface area (Å²) in [4.78, 5) is 70.1. The van der Waals surface area contributed by atoms with Gasteiger partial charge in [0.25, 0.3) is 5.91 Å². The highest BCUT2D eigenvalue weighted by atomic mass is 16.2. The Balaban J connectivity index is -0.000000992. The van der Waals surface area contributed by atoms with Gasteiger partial charge >= 0.3 is 0 Å². The van der Waals surface area contributed by atoms with Crippen molar-refractivity contribution in [3.63, 3.8) is 0 Å². The van der Waals surface area contributed by atoms with Crippen molar-refractivity contribution in [1.82, 2.24) is 26.2 Å². The molecule has 0 radical (unpaired) electrons. The standard InChI is InChI=1S/C22H33N5O4.C6H12O.C4H9NO.C3H8/c1-13(2)20(27-18(28)11-23-6)22(31)24-12-19(29)25-16(5)15(4)21(30)26-17-9-7-14(3)8-10-17;1-6(2,3)4-5-7;1-4(6)5(2)3;1-3-2/h7-10,13,16,20,23H,4,11-12H2,1-3,5-6H3,(H,24,31)(H,25,29)(H,26,30)(H,27,28);5H,4H2,1-3H3;1-3H3;3H2,1-2H3. The van der Waals surface area contributed by atoms with Gasteiger partial charge in [-0.15, -0.1) is 0 Å². The fourth-order valence-corrected chi connectivity index (χ4v) is 2.87. The molecule has 5 N–H and O–H groups in total. The Labute approximate surface area is 283 Å². The maximum absolute atomic E-state index is 12.4. The Hall–Kier alpha value is -4.06. The first kappa shape index (κ1) is 47.3. The number of anilines is 1. The van der Waals surface area contributed by atoms with Crippen LogP contribution in [-0.2, 0) is 28.8 Å². The molecule has 12 nitrogen and oxygen atoms in total. The number of carbonyl (C=O) groups excluding carboxylic acids is 6. The minimum atomic E-state index is -0.763. The molecule has 0 aliphatic heterocycles. The lowest BCUT2D eigenvalue weighted by Crippen LogP contribution is -2.53. The number of rotatable bonds is 12. The van der Waals surface area contributed by atoms with Crippen LogP contribution in [0.2, 0.25) is 0 Å². The van der Waals surface area contributed by atoms with Gasteiger partial charge < -0.3 is 36.3 Å². The van der Waals surface area contributed by atoms with E-state index in [9.17, 15) is 28.8 Å². The van der Waals surface area contributed by atoms with Crippen molar-refractivity contribution in [1.29, 1.82) is 0 Å². The topological polar surface area (TPSA) is 166 Å². The van der Waals surface area contributed by atoms with Gasteiger partial charge in [0.1, 0.15) is 12.3 Å². The van der Waals surface area contributed by atoms with Crippen molar-refractivity contribution in [2.45, 2.75) is 94.2 Å². The molecule has 0 aliphatic rings. The van der Waals surface area contributed by atoms with E-state index in [2.05, 4.69) is 47.0 Å². The molecule has 0 aliphatic carbocycles. The zero-order valence-electron chi connectivity index (χ0n) is 31.1. The highest BCUT2D eigenvalue weighted by molar-refractivity contribution is 6.04. The summed E-state index contributed by atoms with van der Waals surface area (Å²) in [5.74, 6) is -1.73. The van der Waals surface area contributed by atoms with E-state index < -0.39 is 29.8 Å². The number of aryl methyl sites for hydroxylation is 1. The summed E-state index contributed by atoms with van der Waals surface area (Å²) in [6, 6.07) is 5.90. The van der Waals surface area contributed by atoms with Crippen molar-refractivity contribution in [3.8, 4) is 0 Å². The number of carbonyl (C=O) groups is 6. The molecule has 1 aromatic carbocycles. The third-order valence-corrected chi connectivity index (χ3v) is 5.85. The van der Waals surface area contributed by atoms with Gasteiger partial charge in [-0.05, 0) is 44.4 Å². The lowest BCUT2D eigenvalue weighted by atomic mass is 9.93. The predicted molar refractivity (Wildman–Crippen MR) is 191 cm³/mol. The largest absolute Gasteiger partial charge is 0.349 e. The van der Waals surface area contributed by atoms with Crippen LogP contribution in [-0.4, -0.2) is 87.0 Å². The number of hydrogen-bond acceptors (Lipinski definition) is 7. The van der Waals surface area contributed by atoms with Gasteiger partial charge in [0.2, 0.25) is 23.6 Å². The molecule has 0 spiro atoms. The van der Waals surface area contributed by atoms with Crippen molar-refractivity contribution in [2.24, 2.45) is 11.3 Å². The maximum atomic E-state index is 12.4. The van der Waals surface area contributed by atoms with Crippen LogP contribution in [0.3, 0.4) is 0 Å². The van der Waals surface area contributed by atoms with Gasteiger partial charge in [0.15, 0.2) is 0 Å². The van der Waals surface area contributed by atoms with Gasteiger partial charge in [0.05, 0.1) is 19.1 Å². The lowest BCUT2D eigenvalue weighted by molar-refractivity contribution is -0.131. The maximum Gasteiger partial charge on any atom is 0.253 e. The molecule has 2 atom stereocenters. The molecule has 0 heterocycles. The average Bonchev–Trinajstić information content (AvgIpc) is 2.95. The third-order valence-electron chi connectivity index (χ3n) is 5.85. The zero-order valence-corrected chi connectivity index (χ0v) is 31.1. The van der Waals surface area contributed by atoms with E-state index in [1.807, 2.05) is 39.8 Å². The fourth-order valence-electron chi connectivity index (χ4n) is 2.87. The molecular formula is C35H62N6O6. The predicted octanol–water partition coefficient (Wildman–Crippen LogP) is 3.60. The quantitative estimate of drug-likeness (QED) is 0.169. The summed E-state index contributed by atoms with van der Waals surface area (Å²) in [6.45, 7) is 22.6. The summed E-state index contributed by atoms with van der Waals surface area (Å²) < 4.78 is 0. The second-order valence-electron chi connectivity index (χ2n) is 12.7. The first-order chi connectivity index (χ1) is 21.7. The SMILES string of the molecule is C=C(C(=O)Nc1ccc(C)cc1)C(C)NC(=O)CNC(=O)C(NC(=O)CNC)C(C)C.CC(=O)N(C)C.CC(C)(C)CC=O.CCC. The van der Waals surface area contributed by atoms with E-state index >= 15 is 0 Å². The number of nitrogens with zero attached hydrogens (tertiary/aromatic N) is 1. The van der Waals surface area contributed by atoms with Crippen LogP contribution >= 0.6 is 0 Å². The number of benzene rings is 1. The summed E-state index contributed by atoms with van der Waals surface area (Å²) in [5.41, 5.74) is 2.06. The molecular weight excluding hydrogens is 600 g/mol. The monoisotopic (exact) mass is 662 g/mol. The van der Waals surface area contributed by atoms with Gasteiger partial charge in [-0.1, -0.05) is 79.2 Å². The molecule has 268 valence electrons. The second-order valence-corrected chi connectivity index (χ2v) is 12.7. The van der Waals surface area contributed by atoms with E-state index in [1.54, 1.807) is 54.0 Å². The summed E-state index contributed by atoms with van der Waals surface area (Å²) in [7, 11) is 5.08. The highest BCUT2D eigenvalue weighted by Crippen LogP contribution is 2.15. The minimum Gasteiger partial charge on any atom is -0.349 e. The van der Waals surface area contributed by atoms with Gasteiger partial charge in [-0.3, -0.25) is 24.0 Å². The van der Waals surface area contributed by atoms with Crippen molar-refractivity contribution >= 4 is 41.5 Å². The smallest absolute Gasteiger partial charge is 0.253 e. The lowest BCUT2D eigenvalue weighted by Gasteiger charge is -2.22. The van der Waals surface area contributed by atoms with Crippen LogP contribution in [0.1, 0.15) is 80.7 Å². The van der Waals surface area contributed by atoms with E-state index in [0.29, 0.717) is 12.1 Å². The molecule has 0 saturated heterocycles. The molecule has 0 bridgehead atoms. The Morgan fingerprint density at radius 2 is 1.38 bits per heavy atom. The number of nitrogens with one attached hydrogen (secondary N) is 5. The fraction of sp³-hybridized carbons (Fsp3) is 0.600. The first-order valence-electron chi connectivity index (χ1n) is 15.9. The van der Waals surface area contributed by atoms with Gasteiger partial charge in [0, 0.05) is 38.7 Å². The van der Waals surface area contributed by atoms with E-state index in [4.69, 9.17) is 0 Å². The first-order valence-corrected chi connectivity index (χ1v) is 15.9. The second kappa shape index (κ2) is 26.1. The van der Waals surface area contributed by atoms with Crippen LogP contribution in [0.25, 0.3) is 0 Å². The Bertz CT molecular complexity index is 1110. The van der Waals surface area contributed by atoms with Crippen LogP contribution in [0, 0.1) is 18.3 Å². The Kier molecular flexibility index (Phi) is 26.2. The molecule has 0 aromatic heterocycles. The number of hydrogen-bond donors (Lipinski definition) is 5. The van der Waals surface area contributed by atoms with Crippen molar-refractivity contribution in [2.75, 3.05) is 39.5 Å². The molecule has 0 saturated carbocycles. The van der Waals surface area contributed by atoms with Crippen LogP contribution in [0.15, 0.2) is 36.4 Å². The van der Waals surface area contributed by atoms with E-state index in [0.717, 1.165) is 11.8 Å². The number of aldehydes is 1. The Morgan fingerprint density at radius 3 is 1.74 bits per heavy atom. The summed E-state index contributed by atoms with van der Waals surface area (Å²) in [6.07, 6.45) is 2.87. The van der Waals surface area contributed by atoms with Crippen molar-refractivity contribution < 1.29 is 28.8 Å². The van der Waals surface area contributed by atoms with Crippen molar-refractivity contribution in [3.05, 3.63) is 42.0 Å². The molecule has 1 aromatic rings. The average molecular weight is 663 g/mol. The Morgan fingerprint density at radius 1 is 0.915 bits per heavy atom. The molecule has 2 unspecified atom stereocenters. The highest BCUT2D eigenvalue weighted by Gasteiger charge is 2.25. The molecule has 5 amide bonds. The zero-order chi connectivity index (χ0) is 37.3. The third kappa shape index (κ3) is 26.8. The number of amides is 5. The van der Waals surface area contributed by atoms with Gasteiger partial charge in [-0.2, -0.15) is 0 Å². The minimum absolute atomic E-state index is 0.0846.